The van der Waals surface area contributed by atoms with E-state index >= 15 is 0 Å². The Morgan fingerprint density at radius 1 is 1.05 bits per heavy atom. The molecule has 0 spiro atoms. The molecule has 3 rings (SSSR count). The largest absolute Gasteiger partial charge is 0.353 e. The second-order valence-corrected chi connectivity index (χ2v) is 5.59. The molecule has 106 valence electrons. The van der Waals surface area contributed by atoms with Crippen LogP contribution in [0.2, 0.25) is 0 Å². The molecule has 1 atom stereocenters. The van der Waals surface area contributed by atoms with Gasteiger partial charge in [-0.05, 0) is 30.2 Å². The number of aryl methyl sites for hydroxylation is 2. The quantitative estimate of drug-likeness (QED) is 0.923. The third kappa shape index (κ3) is 2.51. The van der Waals surface area contributed by atoms with Gasteiger partial charge in [-0.2, -0.15) is 0 Å². The van der Waals surface area contributed by atoms with Crippen LogP contribution in [0.1, 0.15) is 22.9 Å². The second-order valence-electron chi connectivity index (χ2n) is 5.59. The summed E-state index contributed by atoms with van der Waals surface area (Å²) in [5.41, 5.74) is 4.18. The molecule has 1 aromatic heterocycles. The highest BCUT2D eigenvalue weighted by atomic mass is 15.2. The topological polar surface area (TPSA) is 20.2 Å². The van der Waals surface area contributed by atoms with Gasteiger partial charge in [-0.15, -0.1) is 0 Å². The minimum Gasteiger partial charge on any atom is -0.353 e. The van der Waals surface area contributed by atoms with Gasteiger partial charge in [-0.1, -0.05) is 24.3 Å². The van der Waals surface area contributed by atoms with Gasteiger partial charge in [0.1, 0.15) is 0 Å². The zero-order valence-corrected chi connectivity index (χ0v) is 12.3. The number of rotatable bonds is 3. The first-order valence-corrected chi connectivity index (χ1v) is 7.39. The number of benzene rings is 1. The molecule has 1 N–H and O–H groups in total. The van der Waals surface area contributed by atoms with Crippen LogP contribution in [-0.4, -0.2) is 35.6 Å². The fraction of sp³-hybridized carbons (Fsp3) is 0.412. The van der Waals surface area contributed by atoms with Gasteiger partial charge in [0.25, 0.3) is 0 Å². The number of hydrogen-bond donors (Lipinski definition) is 1. The zero-order chi connectivity index (χ0) is 13.9. The van der Waals surface area contributed by atoms with Crippen molar-refractivity contribution in [2.24, 2.45) is 7.05 Å². The summed E-state index contributed by atoms with van der Waals surface area (Å²) in [4.78, 5) is 2.59. The molecule has 20 heavy (non-hydrogen) atoms. The lowest BCUT2D eigenvalue weighted by atomic mass is 9.96. The molecule has 1 aliphatic rings. The Balaban J connectivity index is 2.03. The molecule has 1 unspecified atom stereocenters. The molecule has 3 heteroatoms. The van der Waals surface area contributed by atoms with E-state index in [1.165, 1.54) is 16.8 Å². The summed E-state index contributed by atoms with van der Waals surface area (Å²) in [6.07, 6.45) is 2.14. The van der Waals surface area contributed by atoms with Crippen molar-refractivity contribution in [3.05, 3.63) is 59.4 Å². The van der Waals surface area contributed by atoms with Crippen molar-refractivity contribution in [3.8, 4) is 0 Å². The molecular weight excluding hydrogens is 246 g/mol. The SMILES string of the molecule is Cc1ccccc1C(c1cccn1C)N1CCNCC1. The Morgan fingerprint density at radius 3 is 2.45 bits per heavy atom. The van der Waals surface area contributed by atoms with Gasteiger partial charge in [0, 0.05) is 45.1 Å². The van der Waals surface area contributed by atoms with E-state index in [0.29, 0.717) is 6.04 Å². The molecule has 1 saturated heterocycles. The van der Waals surface area contributed by atoms with E-state index in [2.05, 4.69) is 71.4 Å². The van der Waals surface area contributed by atoms with E-state index in [9.17, 15) is 0 Å². The van der Waals surface area contributed by atoms with Crippen LogP contribution in [-0.2, 0) is 7.05 Å². The minimum absolute atomic E-state index is 0.360. The summed E-state index contributed by atoms with van der Waals surface area (Å²) in [6, 6.07) is 13.5. The predicted octanol–water partition coefficient (Wildman–Crippen LogP) is 2.33. The molecule has 3 nitrogen and oxygen atoms in total. The van der Waals surface area contributed by atoms with Crippen molar-refractivity contribution in [1.29, 1.82) is 0 Å². The lowest BCUT2D eigenvalue weighted by molar-refractivity contribution is 0.193. The molecule has 0 bridgehead atoms. The van der Waals surface area contributed by atoms with Crippen LogP contribution in [0, 0.1) is 6.92 Å². The van der Waals surface area contributed by atoms with Gasteiger partial charge >= 0.3 is 0 Å². The maximum Gasteiger partial charge on any atom is 0.0759 e. The van der Waals surface area contributed by atoms with E-state index in [1.54, 1.807) is 0 Å². The molecule has 1 aromatic carbocycles. The highest BCUT2D eigenvalue weighted by molar-refractivity contribution is 5.35. The standard InChI is InChI=1S/C17H23N3/c1-14-6-3-4-7-15(14)17(16-8-5-11-19(16)2)20-12-9-18-10-13-20/h3-8,11,17-18H,9-10,12-13H2,1-2H3. The molecule has 0 aliphatic carbocycles. The third-order valence-corrected chi connectivity index (χ3v) is 4.26. The minimum atomic E-state index is 0.360. The second kappa shape index (κ2) is 5.81. The fourth-order valence-corrected chi connectivity index (χ4v) is 3.14. The van der Waals surface area contributed by atoms with Gasteiger partial charge in [-0.25, -0.2) is 0 Å². The van der Waals surface area contributed by atoms with E-state index in [0.717, 1.165) is 26.2 Å². The highest BCUT2D eigenvalue weighted by Gasteiger charge is 2.26. The maximum atomic E-state index is 3.45. The smallest absolute Gasteiger partial charge is 0.0759 e. The van der Waals surface area contributed by atoms with Crippen LogP contribution in [0.4, 0.5) is 0 Å². The molecule has 2 heterocycles. The Bertz CT molecular complexity index is 567. The van der Waals surface area contributed by atoms with Gasteiger partial charge < -0.3 is 9.88 Å². The lowest BCUT2D eigenvalue weighted by Gasteiger charge is -2.36. The summed E-state index contributed by atoms with van der Waals surface area (Å²) in [6.45, 7) is 6.57. The van der Waals surface area contributed by atoms with Crippen molar-refractivity contribution in [2.75, 3.05) is 26.2 Å². The first kappa shape index (κ1) is 13.4. The van der Waals surface area contributed by atoms with E-state index in [4.69, 9.17) is 0 Å². The molecule has 2 aromatic rings. The van der Waals surface area contributed by atoms with Crippen LogP contribution in [0.5, 0.6) is 0 Å². The first-order chi connectivity index (χ1) is 9.77. The van der Waals surface area contributed by atoms with Crippen molar-refractivity contribution in [2.45, 2.75) is 13.0 Å². The molecule has 0 radical (unpaired) electrons. The zero-order valence-electron chi connectivity index (χ0n) is 12.3. The number of piperazine rings is 1. The van der Waals surface area contributed by atoms with Gasteiger partial charge in [-0.3, -0.25) is 4.90 Å². The fourth-order valence-electron chi connectivity index (χ4n) is 3.14. The summed E-state index contributed by atoms with van der Waals surface area (Å²) < 4.78 is 2.25. The van der Waals surface area contributed by atoms with Crippen LogP contribution in [0.15, 0.2) is 42.6 Å². The monoisotopic (exact) mass is 269 g/mol. The van der Waals surface area contributed by atoms with Crippen molar-refractivity contribution in [1.82, 2.24) is 14.8 Å². The molecule has 1 fully saturated rings. The first-order valence-electron chi connectivity index (χ1n) is 7.39. The van der Waals surface area contributed by atoms with Crippen molar-refractivity contribution < 1.29 is 0 Å². The van der Waals surface area contributed by atoms with Crippen LogP contribution in [0.25, 0.3) is 0 Å². The van der Waals surface area contributed by atoms with Crippen molar-refractivity contribution in [3.63, 3.8) is 0 Å². The molecule has 1 aliphatic heterocycles. The van der Waals surface area contributed by atoms with E-state index in [-0.39, 0.29) is 0 Å². The van der Waals surface area contributed by atoms with Gasteiger partial charge in [0.15, 0.2) is 0 Å². The summed E-state index contributed by atoms with van der Waals surface area (Å²) in [5.74, 6) is 0. The Kier molecular flexibility index (Phi) is 3.90. The average Bonchev–Trinajstić information content (AvgIpc) is 2.89. The molecular formula is C17H23N3. The number of hydrogen-bond acceptors (Lipinski definition) is 2. The Hall–Kier alpha value is -1.58. The van der Waals surface area contributed by atoms with E-state index in [1.807, 2.05) is 0 Å². The number of nitrogens with one attached hydrogen (secondary N) is 1. The van der Waals surface area contributed by atoms with Crippen LogP contribution < -0.4 is 5.32 Å². The summed E-state index contributed by atoms with van der Waals surface area (Å²) >= 11 is 0. The van der Waals surface area contributed by atoms with Crippen LogP contribution in [0.3, 0.4) is 0 Å². The molecule has 0 amide bonds. The Labute approximate surface area is 121 Å². The number of nitrogens with zero attached hydrogens (tertiary/aromatic N) is 2. The highest BCUT2D eigenvalue weighted by Crippen LogP contribution is 2.30. The molecule has 0 saturated carbocycles. The average molecular weight is 269 g/mol. The normalized spacial score (nSPS) is 18.1. The van der Waals surface area contributed by atoms with Gasteiger partial charge in [0.2, 0.25) is 0 Å². The Morgan fingerprint density at radius 2 is 1.80 bits per heavy atom. The van der Waals surface area contributed by atoms with Gasteiger partial charge in [0.05, 0.1) is 6.04 Å². The van der Waals surface area contributed by atoms with Crippen molar-refractivity contribution >= 4 is 0 Å². The predicted molar refractivity (Wildman–Crippen MR) is 82.9 cm³/mol. The van der Waals surface area contributed by atoms with E-state index < -0.39 is 0 Å². The summed E-state index contributed by atoms with van der Waals surface area (Å²) in [7, 11) is 2.14. The van der Waals surface area contributed by atoms with Crippen LogP contribution >= 0.6 is 0 Å². The maximum absolute atomic E-state index is 3.45. The lowest BCUT2D eigenvalue weighted by Crippen LogP contribution is -2.45. The summed E-state index contributed by atoms with van der Waals surface area (Å²) in [5, 5.41) is 3.45. The number of aromatic nitrogens is 1. The third-order valence-electron chi connectivity index (χ3n) is 4.26.